The lowest BCUT2D eigenvalue weighted by Crippen LogP contribution is -2.43. The maximum absolute atomic E-state index is 6.09. The van der Waals surface area contributed by atoms with E-state index in [1.165, 1.54) is 11.1 Å². The largest absolute Gasteiger partial charge is 0.399 e. The topological polar surface area (TPSA) is 41.3 Å². The van der Waals surface area contributed by atoms with Crippen molar-refractivity contribution in [2.45, 2.75) is 33.1 Å². The monoisotopic (exact) mass is 301 g/mol. The third-order valence-corrected chi connectivity index (χ3v) is 4.59. The van der Waals surface area contributed by atoms with Crippen LogP contribution in [-0.4, -0.2) is 39.2 Å². The second kappa shape index (κ2) is 6.65. The minimum Gasteiger partial charge on any atom is -0.399 e. The van der Waals surface area contributed by atoms with Crippen LogP contribution in [0, 0.1) is 18.4 Å². The highest BCUT2D eigenvalue weighted by Crippen LogP contribution is 2.20. The molecule has 114 valence electrons. The summed E-state index contributed by atoms with van der Waals surface area (Å²) in [5, 5.41) is 3.39. The summed E-state index contributed by atoms with van der Waals surface area (Å²) < 4.78 is 0. The summed E-state index contributed by atoms with van der Waals surface area (Å²) in [6.07, 6.45) is 0. The van der Waals surface area contributed by atoms with Gasteiger partial charge < -0.3 is 11.1 Å². The van der Waals surface area contributed by atoms with Crippen LogP contribution in [0.5, 0.6) is 0 Å². The fourth-order valence-corrected chi connectivity index (χ4v) is 2.97. The summed E-state index contributed by atoms with van der Waals surface area (Å²) in [5.41, 5.74) is 14.1. The molecule has 0 saturated carbocycles. The fraction of sp³-hybridized carbons (Fsp3) is 0.529. The van der Waals surface area contributed by atoms with Gasteiger partial charge in [-0.05, 0) is 30.2 Å². The van der Waals surface area contributed by atoms with Crippen molar-refractivity contribution in [3.8, 4) is 11.5 Å². The SMILES string of the molecule is Cc1c(C#C[Si](C)(C)C)cc(N)cc1CN1CCNCC1. The van der Waals surface area contributed by atoms with Crippen LogP contribution in [0.4, 0.5) is 5.69 Å². The average molecular weight is 302 g/mol. The van der Waals surface area contributed by atoms with Crippen molar-refractivity contribution < 1.29 is 0 Å². The Hall–Kier alpha value is -1.28. The number of nitrogen functional groups attached to an aromatic ring is 1. The van der Waals surface area contributed by atoms with Crippen molar-refractivity contribution >= 4 is 13.8 Å². The Morgan fingerprint density at radius 2 is 1.90 bits per heavy atom. The number of nitrogens with two attached hydrogens (primary N) is 1. The van der Waals surface area contributed by atoms with Gasteiger partial charge in [0.15, 0.2) is 0 Å². The number of nitrogens with zero attached hydrogens (tertiary/aromatic N) is 1. The van der Waals surface area contributed by atoms with Gasteiger partial charge in [0.25, 0.3) is 0 Å². The molecule has 1 aliphatic rings. The molecule has 0 aromatic heterocycles. The third-order valence-electron chi connectivity index (χ3n) is 3.71. The predicted molar refractivity (Wildman–Crippen MR) is 94.0 cm³/mol. The van der Waals surface area contributed by atoms with Crippen LogP contribution in [0.15, 0.2) is 12.1 Å². The molecule has 1 fully saturated rings. The second-order valence-corrected chi connectivity index (χ2v) is 11.6. The molecule has 1 heterocycles. The summed E-state index contributed by atoms with van der Waals surface area (Å²) in [6.45, 7) is 14.3. The summed E-state index contributed by atoms with van der Waals surface area (Å²) in [4.78, 5) is 2.48. The van der Waals surface area contributed by atoms with Gasteiger partial charge in [-0.2, -0.15) is 0 Å². The Kier molecular flexibility index (Phi) is 5.10. The Balaban J connectivity index is 2.25. The first-order chi connectivity index (χ1) is 9.85. The first-order valence-electron chi connectivity index (χ1n) is 7.70. The number of anilines is 1. The normalized spacial score (nSPS) is 16.4. The number of benzene rings is 1. The lowest BCUT2D eigenvalue weighted by molar-refractivity contribution is 0.233. The molecule has 0 unspecified atom stereocenters. The van der Waals surface area contributed by atoms with Gasteiger partial charge in [-0.15, -0.1) is 5.54 Å². The van der Waals surface area contributed by atoms with Crippen molar-refractivity contribution in [3.05, 3.63) is 28.8 Å². The molecule has 1 aromatic rings. The van der Waals surface area contributed by atoms with E-state index in [4.69, 9.17) is 5.73 Å². The Morgan fingerprint density at radius 3 is 2.52 bits per heavy atom. The van der Waals surface area contributed by atoms with E-state index in [9.17, 15) is 0 Å². The molecule has 0 radical (unpaired) electrons. The summed E-state index contributed by atoms with van der Waals surface area (Å²) in [5.74, 6) is 3.37. The Morgan fingerprint density at radius 1 is 1.24 bits per heavy atom. The molecule has 0 spiro atoms. The summed E-state index contributed by atoms with van der Waals surface area (Å²) in [7, 11) is -1.36. The minimum atomic E-state index is -1.36. The third kappa shape index (κ3) is 4.89. The van der Waals surface area contributed by atoms with Crippen molar-refractivity contribution in [3.63, 3.8) is 0 Å². The number of piperazine rings is 1. The highest BCUT2D eigenvalue weighted by Gasteiger charge is 2.13. The Labute approximate surface area is 129 Å². The quantitative estimate of drug-likeness (QED) is 0.500. The smallest absolute Gasteiger partial charge is 0.129 e. The van der Waals surface area contributed by atoms with E-state index in [1.807, 2.05) is 6.07 Å². The van der Waals surface area contributed by atoms with E-state index in [2.05, 4.69) is 54.3 Å². The van der Waals surface area contributed by atoms with Gasteiger partial charge >= 0.3 is 0 Å². The molecular formula is C17H27N3Si. The van der Waals surface area contributed by atoms with Crippen molar-refractivity contribution in [1.29, 1.82) is 0 Å². The van der Waals surface area contributed by atoms with Crippen LogP contribution in [0.1, 0.15) is 16.7 Å². The van der Waals surface area contributed by atoms with E-state index < -0.39 is 8.07 Å². The highest BCUT2D eigenvalue weighted by atomic mass is 28.3. The molecule has 1 saturated heterocycles. The number of nitrogens with one attached hydrogen (secondary N) is 1. The highest BCUT2D eigenvalue weighted by molar-refractivity contribution is 6.83. The molecule has 1 aromatic carbocycles. The number of rotatable bonds is 2. The Bertz CT molecular complexity index is 558. The van der Waals surface area contributed by atoms with E-state index >= 15 is 0 Å². The van der Waals surface area contributed by atoms with E-state index in [-0.39, 0.29) is 0 Å². The first kappa shape index (κ1) is 16.1. The van der Waals surface area contributed by atoms with Crippen molar-refractivity contribution in [2.75, 3.05) is 31.9 Å². The molecule has 4 heteroatoms. The van der Waals surface area contributed by atoms with Crippen LogP contribution in [0.2, 0.25) is 19.6 Å². The van der Waals surface area contributed by atoms with Crippen LogP contribution in [-0.2, 0) is 6.54 Å². The second-order valence-electron chi connectivity index (χ2n) is 6.88. The van der Waals surface area contributed by atoms with Gasteiger partial charge in [-0.25, -0.2) is 0 Å². The van der Waals surface area contributed by atoms with Crippen molar-refractivity contribution in [2.24, 2.45) is 0 Å². The number of hydrogen-bond donors (Lipinski definition) is 2. The number of hydrogen-bond acceptors (Lipinski definition) is 3. The van der Waals surface area contributed by atoms with Gasteiger partial charge in [0.1, 0.15) is 8.07 Å². The van der Waals surface area contributed by atoms with Gasteiger partial charge in [0, 0.05) is 44.0 Å². The minimum absolute atomic E-state index is 0.825. The lowest BCUT2D eigenvalue weighted by atomic mass is 10.0. The maximum Gasteiger partial charge on any atom is 0.129 e. The molecule has 0 aliphatic carbocycles. The molecular weight excluding hydrogens is 274 g/mol. The van der Waals surface area contributed by atoms with Gasteiger partial charge in [-0.1, -0.05) is 25.6 Å². The van der Waals surface area contributed by atoms with Crippen molar-refractivity contribution in [1.82, 2.24) is 10.2 Å². The zero-order chi connectivity index (χ0) is 15.5. The predicted octanol–water partition coefficient (Wildman–Crippen LogP) is 2.21. The van der Waals surface area contributed by atoms with Gasteiger partial charge in [-0.3, -0.25) is 4.90 Å². The van der Waals surface area contributed by atoms with E-state index in [0.29, 0.717) is 0 Å². The van der Waals surface area contributed by atoms with Crippen LogP contribution < -0.4 is 11.1 Å². The van der Waals surface area contributed by atoms with E-state index in [0.717, 1.165) is 44.0 Å². The zero-order valence-electron chi connectivity index (χ0n) is 13.7. The molecule has 1 aliphatic heterocycles. The molecule has 21 heavy (non-hydrogen) atoms. The summed E-state index contributed by atoms with van der Waals surface area (Å²) >= 11 is 0. The fourth-order valence-electron chi connectivity index (χ4n) is 2.46. The van der Waals surface area contributed by atoms with Gasteiger partial charge in [0.2, 0.25) is 0 Å². The van der Waals surface area contributed by atoms with Gasteiger partial charge in [0.05, 0.1) is 0 Å². The molecule has 0 amide bonds. The van der Waals surface area contributed by atoms with E-state index in [1.54, 1.807) is 0 Å². The summed E-state index contributed by atoms with van der Waals surface area (Å²) in [6, 6.07) is 4.13. The maximum atomic E-state index is 6.09. The standard InChI is InChI=1S/C17H27N3Si/c1-14-15(5-10-21(2,3)4)11-17(18)12-16(14)13-20-8-6-19-7-9-20/h11-12,19H,6-9,13,18H2,1-4H3. The lowest BCUT2D eigenvalue weighted by Gasteiger charge is -2.28. The average Bonchev–Trinajstić information content (AvgIpc) is 2.41. The molecule has 0 atom stereocenters. The molecule has 3 nitrogen and oxygen atoms in total. The zero-order valence-corrected chi connectivity index (χ0v) is 14.7. The molecule has 0 bridgehead atoms. The molecule has 3 N–H and O–H groups in total. The van der Waals surface area contributed by atoms with Crippen LogP contribution in [0.25, 0.3) is 0 Å². The van der Waals surface area contributed by atoms with Crippen LogP contribution >= 0.6 is 0 Å². The van der Waals surface area contributed by atoms with Crippen LogP contribution in [0.3, 0.4) is 0 Å². The first-order valence-corrected chi connectivity index (χ1v) is 11.2. The molecule has 2 rings (SSSR count).